The molecule has 0 unspecified atom stereocenters. The fourth-order valence-corrected chi connectivity index (χ4v) is 1.83. The second kappa shape index (κ2) is 4.12. The van der Waals surface area contributed by atoms with Crippen LogP contribution in [0.25, 0.3) is 0 Å². The number of amides is 1. The number of allylic oxidation sites excluding steroid dienone is 1. The summed E-state index contributed by atoms with van der Waals surface area (Å²) < 4.78 is 5.45. The topological polar surface area (TPSA) is 66.8 Å². The van der Waals surface area contributed by atoms with Gasteiger partial charge in [-0.15, -0.1) is 0 Å². The van der Waals surface area contributed by atoms with E-state index in [4.69, 9.17) is 9.84 Å². The Kier molecular flexibility index (Phi) is 2.83. The van der Waals surface area contributed by atoms with Gasteiger partial charge in [0.25, 0.3) is 0 Å². The van der Waals surface area contributed by atoms with E-state index in [1.807, 2.05) is 0 Å². The van der Waals surface area contributed by atoms with Crippen LogP contribution in [0.15, 0.2) is 12.3 Å². The first-order chi connectivity index (χ1) is 7.20. The van der Waals surface area contributed by atoms with E-state index in [0.29, 0.717) is 6.42 Å². The van der Waals surface area contributed by atoms with E-state index in [-0.39, 0.29) is 37.0 Å². The van der Waals surface area contributed by atoms with Crippen molar-refractivity contribution in [3.05, 3.63) is 12.3 Å². The molecular weight excluding hydrogens is 198 g/mol. The first kappa shape index (κ1) is 10.3. The summed E-state index contributed by atoms with van der Waals surface area (Å²) >= 11 is 0. The molecule has 5 heteroatoms. The molecule has 1 fully saturated rings. The van der Waals surface area contributed by atoms with Crippen molar-refractivity contribution in [1.82, 2.24) is 4.90 Å². The number of aliphatic hydroxyl groups excluding tert-OH is 1. The first-order valence-corrected chi connectivity index (χ1v) is 4.99. The van der Waals surface area contributed by atoms with Crippen LogP contribution in [0.1, 0.15) is 19.3 Å². The van der Waals surface area contributed by atoms with Crippen molar-refractivity contribution in [2.45, 2.75) is 31.6 Å². The molecular formula is C10H13NO4. The number of ketones is 1. The summed E-state index contributed by atoms with van der Waals surface area (Å²) in [7, 11) is 0. The number of carbonyl (C=O) groups excluding carboxylic acids is 2. The molecule has 0 aromatic heterocycles. The van der Waals surface area contributed by atoms with Crippen LogP contribution >= 0.6 is 0 Å². The predicted octanol–water partition coefficient (Wildman–Crippen LogP) is -0.201. The third-order valence-corrected chi connectivity index (χ3v) is 2.63. The Labute approximate surface area is 87.3 Å². The Balaban J connectivity index is 2.02. The zero-order valence-corrected chi connectivity index (χ0v) is 8.26. The monoisotopic (exact) mass is 211 g/mol. The summed E-state index contributed by atoms with van der Waals surface area (Å²) in [4.78, 5) is 23.9. The summed E-state index contributed by atoms with van der Waals surface area (Å²) in [6.07, 6.45) is 3.71. The van der Waals surface area contributed by atoms with Crippen molar-refractivity contribution in [3.8, 4) is 0 Å². The van der Waals surface area contributed by atoms with Crippen LogP contribution in [0.3, 0.4) is 0 Å². The largest absolute Gasteiger partial charge is 0.394 e. The molecule has 5 nitrogen and oxygen atoms in total. The highest BCUT2D eigenvalue weighted by Gasteiger charge is 2.33. The van der Waals surface area contributed by atoms with Crippen LogP contribution in [-0.4, -0.2) is 40.6 Å². The van der Waals surface area contributed by atoms with Gasteiger partial charge in [0.15, 0.2) is 5.78 Å². The zero-order chi connectivity index (χ0) is 10.8. The minimum atomic E-state index is -0.320. The van der Waals surface area contributed by atoms with Gasteiger partial charge in [0.2, 0.25) is 5.91 Å². The Hall–Kier alpha value is -1.20. The van der Waals surface area contributed by atoms with Crippen molar-refractivity contribution < 1.29 is 19.4 Å². The SMILES string of the molecule is O=C1C=CN([C@H]2CC[C@@H](CO)O2)C(=O)C1. The predicted molar refractivity (Wildman–Crippen MR) is 50.6 cm³/mol. The third kappa shape index (κ3) is 2.08. The highest BCUT2D eigenvalue weighted by molar-refractivity contribution is 6.06. The molecule has 1 saturated heterocycles. The molecule has 2 aliphatic rings. The lowest BCUT2D eigenvalue weighted by atomic mass is 10.1. The average molecular weight is 211 g/mol. The van der Waals surface area contributed by atoms with E-state index in [1.165, 1.54) is 17.2 Å². The molecule has 0 aromatic carbocycles. The summed E-state index contributed by atoms with van der Waals surface area (Å²) in [5, 5.41) is 8.89. The van der Waals surface area contributed by atoms with Crippen molar-refractivity contribution in [3.63, 3.8) is 0 Å². The first-order valence-electron chi connectivity index (χ1n) is 4.99. The van der Waals surface area contributed by atoms with Gasteiger partial charge >= 0.3 is 0 Å². The number of carbonyl (C=O) groups is 2. The lowest BCUT2D eigenvalue weighted by Gasteiger charge is -2.27. The van der Waals surface area contributed by atoms with Gasteiger partial charge in [0, 0.05) is 6.20 Å². The third-order valence-electron chi connectivity index (χ3n) is 2.63. The van der Waals surface area contributed by atoms with E-state index < -0.39 is 0 Å². The number of nitrogens with zero attached hydrogens (tertiary/aromatic N) is 1. The Morgan fingerprint density at radius 1 is 1.47 bits per heavy atom. The fraction of sp³-hybridized carbons (Fsp3) is 0.600. The smallest absolute Gasteiger partial charge is 0.236 e. The maximum absolute atomic E-state index is 11.5. The highest BCUT2D eigenvalue weighted by atomic mass is 16.5. The van der Waals surface area contributed by atoms with Crippen LogP contribution in [0.2, 0.25) is 0 Å². The van der Waals surface area contributed by atoms with Crippen molar-refractivity contribution in [2.24, 2.45) is 0 Å². The highest BCUT2D eigenvalue weighted by Crippen LogP contribution is 2.24. The molecule has 0 spiro atoms. The quantitative estimate of drug-likeness (QED) is 0.642. The number of hydrogen-bond donors (Lipinski definition) is 1. The van der Waals surface area contributed by atoms with E-state index in [9.17, 15) is 9.59 Å². The van der Waals surface area contributed by atoms with Gasteiger partial charge in [-0.3, -0.25) is 14.5 Å². The second-order valence-electron chi connectivity index (χ2n) is 3.73. The molecule has 2 heterocycles. The lowest BCUT2D eigenvalue weighted by Crippen LogP contribution is -2.39. The Morgan fingerprint density at radius 3 is 2.87 bits per heavy atom. The van der Waals surface area contributed by atoms with E-state index in [1.54, 1.807) is 0 Å². The van der Waals surface area contributed by atoms with Crippen LogP contribution in [0.5, 0.6) is 0 Å². The standard InChI is InChI=1S/C10H13NO4/c12-6-8-1-2-10(15-8)11-4-3-7(13)5-9(11)14/h3-4,8,10,12H,1-2,5-6H2/t8-,10+/m0/s1. The average Bonchev–Trinajstić information content (AvgIpc) is 2.66. The van der Waals surface area contributed by atoms with E-state index in [0.717, 1.165) is 6.42 Å². The van der Waals surface area contributed by atoms with Crippen LogP contribution in [-0.2, 0) is 14.3 Å². The molecule has 15 heavy (non-hydrogen) atoms. The molecule has 1 amide bonds. The normalized spacial score (nSPS) is 31.4. The summed E-state index contributed by atoms with van der Waals surface area (Å²) in [5.74, 6) is -0.404. The van der Waals surface area contributed by atoms with Crippen molar-refractivity contribution in [1.29, 1.82) is 0 Å². The van der Waals surface area contributed by atoms with Crippen LogP contribution in [0, 0.1) is 0 Å². The minimum absolute atomic E-state index is 0.0266. The molecule has 0 radical (unpaired) electrons. The maximum Gasteiger partial charge on any atom is 0.236 e. The molecule has 0 aliphatic carbocycles. The Morgan fingerprint density at radius 2 is 2.27 bits per heavy atom. The van der Waals surface area contributed by atoms with Gasteiger partial charge in [-0.1, -0.05) is 0 Å². The molecule has 2 atom stereocenters. The molecule has 0 saturated carbocycles. The van der Waals surface area contributed by atoms with Crippen molar-refractivity contribution >= 4 is 11.7 Å². The second-order valence-corrected chi connectivity index (χ2v) is 3.73. The zero-order valence-electron chi connectivity index (χ0n) is 8.26. The number of rotatable bonds is 2. The van der Waals surface area contributed by atoms with Gasteiger partial charge in [-0.25, -0.2) is 0 Å². The molecule has 1 N–H and O–H groups in total. The fourth-order valence-electron chi connectivity index (χ4n) is 1.83. The number of ether oxygens (including phenoxy) is 1. The van der Waals surface area contributed by atoms with Gasteiger partial charge in [0.1, 0.15) is 6.23 Å². The van der Waals surface area contributed by atoms with Gasteiger partial charge in [0.05, 0.1) is 19.1 Å². The summed E-state index contributed by atoms with van der Waals surface area (Å²) in [6, 6.07) is 0. The van der Waals surface area contributed by atoms with Gasteiger partial charge in [-0.05, 0) is 18.9 Å². The maximum atomic E-state index is 11.5. The number of hydrogen-bond acceptors (Lipinski definition) is 4. The van der Waals surface area contributed by atoms with Gasteiger partial charge < -0.3 is 9.84 Å². The van der Waals surface area contributed by atoms with Gasteiger partial charge in [-0.2, -0.15) is 0 Å². The molecule has 82 valence electrons. The number of aliphatic hydroxyl groups is 1. The Bertz CT molecular complexity index is 313. The van der Waals surface area contributed by atoms with Crippen LogP contribution < -0.4 is 0 Å². The molecule has 0 bridgehead atoms. The molecule has 2 aliphatic heterocycles. The van der Waals surface area contributed by atoms with Crippen molar-refractivity contribution in [2.75, 3.05) is 6.61 Å². The summed E-state index contributed by atoms with van der Waals surface area (Å²) in [6.45, 7) is -0.0266. The van der Waals surface area contributed by atoms with E-state index in [2.05, 4.69) is 0 Å². The molecule has 2 rings (SSSR count). The summed E-state index contributed by atoms with van der Waals surface area (Å²) in [5.41, 5.74) is 0. The van der Waals surface area contributed by atoms with E-state index >= 15 is 0 Å². The lowest BCUT2D eigenvalue weighted by molar-refractivity contribution is -0.143. The minimum Gasteiger partial charge on any atom is -0.394 e. The van der Waals surface area contributed by atoms with Crippen LogP contribution in [0.4, 0.5) is 0 Å². The molecule has 0 aromatic rings.